The van der Waals surface area contributed by atoms with Crippen molar-refractivity contribution in [3.8, 4) is 11.4 Å². The van der Waals surface area contributed by atoms with Gasteiger partial charge in [-0.2, -0.15) is 0 Å². The molecule has 5 N–H and O–H groups in total. The van der Waals surface area contributed by atoms with Crippen LogP contribution in [0.5, 0.6) is 0 Å². The number of anilines is 1. The second-order valence-corrected chi connectivity index (χ2v) is 8.36. The summed E-state index contributed by atoms with van der Waals surface area (Å²) in [6, 6.07) is 12.6. The van der Waals surface area contributed by atoms with Gasteiger partial charge in [-0.15, -0.1) is 0 Å². The number of nitrogens with one attached hydrogen (secondary N) is 1. The topological polar surface area (TPSA) is 126 Å². The number of nitrogens with two attached hydrogens (primary N) is 1. The van der Waals surface area contributed by atoms with Gasteiger partial charge in [0, 0.05) is 29.6 Å². The molecular formula is C24H24BN5O3. The summed E-state index contributed by atoms with van der Waals surface area (Å²) >= 11 is 0. The van der Waals surface area contributed by atoms with E-state index in [1.807, 2.05) is 31.3 Å². The van der Waals surface area contributed by atoms with Crippen LogP contribution in [0.25, 0.3) is 16.9 Å². The van der Waals surface area contributed by atoms with Crippen LogP contribution in [0.3, 0.4) is 0 Å². The summed E-state index contributed by atoms with van der Waals surface area (Å²) < 4.78 is 1.79. The van der Waals surface area contributed by atoms with E-state index in [4.69, 9.17) is 15.7 Å². The quantitative estimate of drug-likeness (QED) is 0.337. The number of aryl methyl sites for hydroxylation is 2. The van der Waals surface area contributed by atoms with E-state index in [9.17, 15) is 14.8 Å². The number of primary amides is 1. The number of fused-ring (bicyclic) bond motifs is 2. The summed E-state index contributed by atoms with van der Waals surface area (Å²) in [4.78, 5) is 21.7. The Morgan fingerprint density at radius 2 is 2.00 bits per heavy atom. The summed E-state index contributed by atoms with van der Waals surface area (Å²) in [6.07, 6.45) is 4.72. The zero-order valence-corrected chi connectivity index (χ0v) is 18.2. The molecule has 5 rings (SSSR count). The SMILES string of the molecule is Cc1cn2c(C(N)=O)cccc2c1-c1nc2c(c(NCc3cccc(B(O)O)c3)n1)CCC2. The summed E-state index contributed by atoms with van der Waals surface area (Å²) in [5.74, 6) is 0.904. The van der Waals surface area contributed by atoms with E-state index in [0.29, 0.717) is 23.5 Å². The largest absolute Gasteiger partial charge is 0.488 e. The lowest BCUT2D eigenvalue weighted by Gasteiger charge is -2.13. The molecule has 0 fully saturated rings. The molecule has 1 amide bonds. The molecule has 0 bridgehead atoms. The molecule has 0 unspecified atom stereocenters. The highest BCUT2D eigenvalue weighted by Gasteiger charge is 2.23. The number of amides is 1. The maximum Gasteiger partial charge on any atom is 0.488 e. The number of hydrogen-bond acceptors (Lipinski definition) is 6. The Morgan fingerprint density at radius 1 is 1.18 bits per heavy atom. The average molecular weight is 441 g/mol. The number of rotatable bonds is 6. The highest BCUT2D eigenvalue weighted by molar-refractivity contribution is 6.58. The van der Waals surface area contributed by atoms with E-state index >= 15 is 0 Å². The first-order chi connectivity index (χ1) is 15.9. The van der Waals surface area contributed by atoms with Crippen molar-refractivity contribution in [2.45, 2.75) is 32.7 Å². The monoisotopic (exact) mass is 441 g/mol. The van der Waals surface area contributed by atoms with Gasteiger partial charge in [-0.1, -0.05) is 30.3 Å². The molecule has 9 heteroatoms. The first kappa shape index (κ1) is 21.2. The minimum absolute atomic E-state index is 0.410. The number of benzene rings is 1. The Morgan fingerprint density at radius 3 is 2.79 bits per heavy atom. The van der Waals surface area contributed by atoms with Crippen LogP contribution < -0.4 is 16.5 Å². The predicted molar refractivity (Wildman–Crippen MR) is 127 cm³/mol. The van der Waals surface area contributed by atoms with Crippen molar-refractivity contribution in [3.63, 3.8) is 0 Å². The van der Waals surface area contributed by atoms with Gasteiger partial charge < -0.3 is 25.5 Å². The van der Waals surface area contributed by atoms with E-state index < -0.39 is 13.0 Å². The molecule has 4 aromatic rings. The lowest BCUT2D eigenvalue weighted by atomic mass is 9.79. The zero-order valence-electron chi connectivity index (χ0n) is 18.2. The Labute approximate surface area is 191 Å². The summed E-state index contributed by atoms with van der Waals surface area (Å²) in [5, 5.41) is 22.3. The van der Waals surface area contributed by atoms with Gasteiger partial charge in [0.05, 0.1) is 5.52 Å². The molecule has 0 spiro atoms. The first-order valence-corrected chi connectivity index (χ1v) is 10.9. The van der Waals surface area contributed by atoms with Crippen molar-refractivity contribution in [2.24, 2.45) is 5.73 Å². The number of carbonyl (C=O) groups is 1. The fraction of sp³-hybridized carbons (Fsp3) is 0.208. The van der Waals surface area contributed by atoms with Crippen LogP contribution in [0, 0.1) is 6.92 Å². The molecule has 0 aliphatic heterocycles. The second kappa shape index (κ2) is 8.34. The minimum Gasteiger partial charge on any atom is -0.423 e. The lowest BCUT2D eigenvalue weighted by molar-refractivity contribution is 0.0994. The average Bonchev–Trinajstić information content (AvgIpc) is 3.40. The van der Waals surface area contributed by atoms with Gasteiger partial charge in [-0.05, 0) is 54.9 Å². The van der Waals surface area contributed by atoms with E-state index in [1.54, 1.807) is 28.7 Å². The molecule has 166 valence electrons. The van der Waals surface area contributed by atoms with E-state index in [0.717, 1.165) is 58.5 Å². The number of pyridine rings is 1. The zero-order chi connectivity index (χ0) is 23.1. The van der Waals surface area contributed by atoms with Gasteiger partial charge in [-0.25, -0.2) is 9.97 Å². The Bertz CT molecular complexity index is 1380. The van der Waals surface area contributed by atoms with Gasteiger partial charge in [0.15, 0.2) is 5.82 Å². The highest BCUT2D eigenvalue weighted by Crippen LogP contribution is 2.33. The number of carbonyl (C=O) groups excluding carboxylic acids is 1. The molecule has 3 aromatic heterocycles. The van der Waals surface area contributed by atoms with Gasteiger partial charge in [-0.3, -0.25) is 4.79 Å². The summed E-state index contributed by atoms with van der Waals surface area (Å²) in [6.45, 7) is 2.47. The maximum absolute atomic E-state index is 11.9. The molecule has 8 nitrogen and oxygen atoms in total. The van der Waals surface area contributed by atoms with Crippen molar-refractivity contribution in [3.05, 3.63) is 76.7 Å². The van der Waals surface area contributed by atoms with Crippen LogP contribution >= 0.6 is 0 Å². The van der Waals surface area contributed by atoms with Crippen molar-refractivity contribution in [2.75, 3.05) is 5.32 Å². The van der Waals surface area contributed by atoms with Crippen LogP contribution in [0.1, 0.15) is 39.3 Å². The standard InChI is InChI=1S/C24H24BN5O3/c1-14-13-30-19(9-4-10-20(30)22(26)31)21(14)24-28-18-8-3-7-17(18)23(29-24)27-12-15-5-2-6-16(11-15)25(32)33/h2,4-6,9-11,13,32-33H,3,7-8,12H2,1H3,(H2,26,31)(H,27,28,29). The van der Waals surface area contributed by atoms with Gasteiger partial charge in [0.25, 0.3) is 5.91 Å². The molecule has 0 radical (unpaired) electrons. The summed E-state index contributed by atoms with van der Waals surface area (Å²) in [7, 11) is -1.50. The number of aromatic nitrogens is 3. The van der Waals surface area contributed by atoms with Crippen LogP contribution in [0.2, 0.25) is 0 Å². The van der Waals surface area contributed by atoms with Crippen molar-refractivity contribution in [1.82, 2.24) is 14.4 Å². The van der Waals surface area contributed by atoms with E-state index in [1.165, 1.54) is 0 Å². The van der Waals surface area contributed by atoms with Crippen LogP contribution in [0.4, 0.5) is 5.82 Å². The number of nitrogens with zero attached hydrogens (tertiary/aromatic N) is 3. The van der Waals surface area contributed by atoms with Crippen LogP contribution in [-0.4, -0.2) is 37.4 Å². The molecule has 1 aliphatic carbocycles. The van der Waals surface area contributed by atoms with Crippen LogP contribution in [-0.2, 0) is 19.4 Å². The first-order valence-electron chi connectivity index (χ1n) is 10.9. The smallest absolute Gasteiger partial charge is 0.423 e. The molecule has 3 heterocycles. The predicted octanol–water partition coefficient (Wildman–Crippen LogP) is 1.58. The Balaban J connectivity index is 1.56. The number of hydrogen-bond donors (Lipinski definition) is 4. The Hall–Kier alpha value is -3.69. The molecule has 1 aromatic carbocycles. The van der Waals surface area contributed by atoms with E-state index in [2.05, 4.69) is 5.32 Å². The van der Waals surface area contributed by atoms with Gasteiger partial charge >= 0.3 is 7.12 Å². The third-order valence-corrected chi connectivity index (χ3v) is 6.12. The molecule has 0 saturated carbocycles. The maximum atomic E-state index is 11.9. The molecular weight excluding hydrogens is 417 g/mol. The van der Waals surface area contributed by atoms with E-state index in [-0.39, 0.29) is 0 Å². The van der Waals surface area contributed by atoms with Gasteiger partial charge in [0.2, 0.25) is 0 Å². The van der Waals surface area contributed by atoms with Crippen LogP contribution in [0.15, 0.2) is 48.7 Å². The fourth-order valence-corrected chi connectivity index (χ4v) is 4.56. The van der Waals surface area contributed by atoms with Crippen molar-refractivity contribution >= 4 is 29.8 Å². The summed E-state index contributed by atoms with van der Waals surface area (Å²) in [5.41, 5.74) is 12.2. The molecule has 1 aliphatic rings. The molecule has 0 saturated heterocycles. The third kappa shape index (κ3) is 3.86. The molecule has 33 heavy (non-hydrogen) atoms. The highest BCUT2D eigenvalue weighted by atomic mass is 16.4. The minimum atomic E-state index is -1.50. The fourth-order valence-electron chi connectivity index (χ4n) is 4.56. The van der Waals surface area contributed by atoms with Crippen molar-refractivity contribution in [1.29, 1.82) is 0 Å². The van der Waals surface area contributed by atoms with Gasteiger partial charge in [0.1, 0.15) is 11.5 Å². The second-order valence-electron chi connectivity index (χ2n) is 8.36. The Kier molecular flexibility index (Phi) is 5.35. The molecule has 0 atom stereocenters. The third-order valence-electron chi connectivity index (χ3n) is 6.12. The lowest BCUT2D eigenvalue weighted by Crippen LogP contribution is -2.30. The normalized spacial score (nSPS) is 12.7. The van der Waals surface area contributed by atoms with Crippen molar-refractivity contribution < 1.29 is 14.8 Å².